The van der Waals surface area contributed by atoms with Gasteiger partial charge in [-0.05, 0) is 18.2 Å². The molecule has 0 bridgehead atoms. The van der Waals surface area contributed by atoms with Gasteiger partial charge in [0, 0.05) is 6.08 Å². The predicted octanol–water partition coefficient (Wildman–Crippen LogP) is 4.75. The first-order valence-corrected chi connectivity index (χ1v) is 7.91. The molecule has 0 saturated heterocycles. The number of rotatable bonds is 4. The zero-order chi connectivity index (χ0) is 18.8. The second-order valence-corrected chi connectivity index (χ2v) is 6.07. The van der Waals surface area contributed by atoms with E-state index in [0.717, 1.165) is 16.3 Å². The highest BCUT2D eigenvalue weighted by Crippen LogP contribution is 2.24. The summed E-state index contributed by atoms with van der Waals surface area (Å²) >= 11 is 1.30. The number of nitrogens with zero attached hydrogens (tertiary/aromatic N) is 1. The van der Waals surface area contributed by atoms with E-state index in [1.807, 2.05) is 12.1 Å². The molecule has 0 spiro atoms. The summed E-state index contributed by atoms with van der Waals surface area (Å²) in [5.74, 6) is -11.6. The van der Waals surface area contributed by atoms with Crippen molar-refractivity contribution in [2.45, 2.75) is 6.61 Å². The van der Waals surface area contributed by atoms with E-state index in [4.69, 9.17) is 0 Å². The van der Waals surface area contributed by atoms with Crippen LogP contribution in [-0.2, 0) is 16.1 Å². The highest BCUT2D eigenvalue weighted by molar-refractivity contribution is 7.19. The molecule has 0 radical (unpaired) electrons. The van der Waals surface area contributed by atoms with Gasteiger partial charge in [0.15, 0.2) is 23.3 Å². The number of halogens is 5. The maximum atomic E-state index is 13.5. The Morgan fingerprint density at radius 2 is 1.62 bits per heavy atom. The van der Waals surface area contributed by atoms with Gasteiger partial charge in [0.2, 0.25) is 5.82 Å². The summed E-state index contributed by atoms with van der Waals surface area (Å²) in [4.78, 5) is 15.9. The summed E-state index contributed by atoms with van der Waals surface area (Å²) in [6.45, 7) is -1.10. The highest BCUT2D eigenvalue weighted by Gasteiger charge is 2.26. The van der Waals surface area contributed by atoms with E-state index in [1.54, 1.807) is 12.1 Å². The van der Waals surface area contributed by atoms with Crippen molar-refractivity contribution >= 4 is 33.6 Å². The molecule has 0 aliphatic rings. The number of esters is 1. The van der Waals surface area contributed by atoms with E-state index in [2.05, 4.69) is 9.72 Å². The number of ether oxygens (including phenoxy) is 1. The molecule has 26 heavy (non-hydrogen) atoms. The third kappa shape index (κ3) is 3.43. The van der Waals surface area contributed by atoms with Gasteiger partial charge in [0.25, 0.3) is 0 Å². The minimum atomic E-state index is -2.27. The van der Waals surface area contributed by atoms with Crippen LogP contribution in [-0.4, -0.2) is 11.0 Å². The average molecular weight is 385 g/mol. The standard InChI is InChI=1S/C17H8F5NO2S/c18-13-8(14(19)16(21)17(22)15(13)20)7-25-12(24)6-5-11-23-9-3-1-2-4-10(9)26-11/h1-6H,7H2/b6-5+. The Labute approximate surface area is 147 Å². The number of carbonyl (C=O) groups excluding carboxylic acids is 1. The number of hydrogen-bond donors (Lipinski definition) is 0. The molecular weight excluding hydrogens is 377 g/mol. The summed E-state index contributed by atoms with van der Waals surface area (Å²) in [6, 6.07) is 7.25. The Hall–Kier alpha value is -2.81. The normalized spacial score (nSPS) is 11.4. The van der Waals surface area contributed by atoms with E-state index < -0.39 is 47.2 Å². The van der Waals surface area contributed by atoms with Crippen molar-refractivity contribution in [1.29, 1.82) is 0 Å². The fourth-order valence-electron chi connectivity index (χ4n) is 2.07. The van der Waals surface area contributed by atoms with Crippen molar-refractivity contribution in [1.82, 2.24) is 4.98 Å². The summed E-state index contributed by atoms with van der Waals surface area (Å²) < 4.78 is 71.5. The second kappa shape index (κ2) is 7.20. The lowest BCUT2D eigenvalue weighted by atomic mass is 10.2. The van der Waals surface area contributed by atoms with Crippen molar-refractivity contribution in [3.63, 3.8) is 0 Å². The zero-order valence-electron chi connectivity index (χ0n) is 12.7. The number of carbonyl (C=O) groups is 1. The van der Waals surface area contributed by atoms with Crippen LogP contribution in [0.4, 0.5) is 22.0 Å². The Kier molecular flexibility index (Phi) is 4.99. The van der Waals surface area contributed by atoms with Gasteiger partial charge in [-0.25, -0.2) is 31.7 Å². The van der Waals surface area contributed by atoms with Crippen LogP contribution >= 0.6 is 11.3 Å². The Balaban J connectivity index is 1.71. The van der Waals surface area contributed by atoms with Crippen LogP contribution in [0, 0.1) is 29.1 Å². The molecule has 3 rings (SSSR count). The van der Waals surface area contributed by atoms with E-state index in [-0.39, 0.29) is 0 Å². The van der Waals surface area contributed by atoms with Crippen LogP contribution in [0.25, 0.3) is 16.3 Å². The fraction of sp³-hybridized carbons (Fsp3) is 0.0588. The summed E-state index contributed by atoms with van der Waals surface area (Å²) in [5, 5.41) is 0.486. The summed E-state index contributed by atoms with van der Waals surface area (Å²) in [7, 11) is 0. The molecule has 0 amide bonds. The molecule has 0 atom stereocenters. The van der Waals surface area contributed by atoms with Crippen molar-refractivity contribution in [2.75, 3.05) is 0 Å². The Morgan fingerprint density at radius 1 is 1.00 bits per heavy atom. The van der Waals surface area contributed by atoms with Crippen LogP contribution in [0.1, 0.15) is 10.6 Å². The number of para-hydroxylation sites is 1. The first-order valence-electron chi connectivity index (χ1n) is 7.09. The molecule has 0 aliphatic carbocycles. The fourth-order valence-corrected chi connectivity index (χ4v) is 2.94. The van der Waals surface area contributed by atoms with Gasteiger partial charge in [-0.2, -0.15) is 0 Å². The van der Waals surface area contributed by atoms with Crippen LogP contribution in [0.15, 0.2) is 30.3 Å². The Morgan fingerprint density at radius 3 is 2.27 bits per heavy atom. The van der Waals surface area contributed by atoms with Gasteiger partial charge >= 0.3 is 5.97 Å². The quantitative estimate of drug-likeness (QED) is 0.214. The molecular formula is C17H8F5NO2S. The van der Waals surface area contributed by atoms with E-state index >= 15 is 0 Å². The number of aromatic nitrogens is 1. The van der Waals surface area contributed by atoms with Gasteiger partial charge < -0.3 is 4.74 Å². The van der Waals surface area contributed by atoms with Crippen LogP contribution in [0.5, 0.6) is 0 Å². The number of benzene rings is 2. The largest absolute Gasteiger partial charge is 0.457 e. The molecule has 1 aromatic heterocycles. The van der Waals surface area contributed by atoms with Crippen LogP contribution < -0.4 is 0 Å². The van der Waals surface area contributed by atoms with Crippen molar-refractivity contribution in [3.05, 3.63) is 70.0 Å². The van der Waals surface area contributed by atoms with Gasteiger partial charge in [0.1, 0.15) is 11.6 Å². The second-order valence-electron chi connectivity index (χ2n) is 5.01. The molecule has 3 aromatic rings. The molecule has 0 aliphatic heterocycles. The van der Waals surface area contributed by atoms with E-state index in [9.17, 15) is 26.7 Å². The predicted molar refractivity (Wildman–Crippen MR) is 84.7 cm³/mol. The lowest BCUT2D eigenvalue weighted by molar-refractivity contribution is -0.139. The number of hydrogen-bond acceptors (Lipinski definition) is 4. The third-order valence-electron chi connectivity index (χ3n) is 3.33. The SMILES string of the molecule is O=C(/C=C/c1nc2ccccc2s1)OCc1c(F)c(F)c(F)c(F)c1F. The highest BCUT2D eigenvalue weighted by atomic mass is 32.1. The van der Waals surface area contributed by atoms with Gasteiger partial charge in [0.05, 0.1) is 15.8 Å². The molecule has 0 fully saturated rings. The molecule has 1 heterocycles. The average Bonchev–Trinajstić information content (AvgIpc) is 3.06. The lowest BCUT2D eigenvalue weighted by Crippen LogP contribution is -2.10. The number of fused-ring (bicyclic) bond motifs is 1. The third-order valence-corrected chi connectivity index (χ3v) is 4.33. The maximum absolute atomic E-state index is 13.5. The van der Waals surface area contributed by atoms with Gasteiger partial charge in [-0.3, -0.25) is 0 Å². The molecule has 0 N–H and O–H groups in total. The van der Waals surface area contributed by atoms with E-state index in [0.29, 0.717) is 5.01 Å². The molecule has 0 unspecified atom stereocenters. The first kappa shape index (κ1) is 18.0. The summed E-state index contributed by atoms with van der Waals surface area (Å²) in [6.07, 6.45) is 2.27. The van der Waals surface area contributed by atoms with Crippen molar-refractivity contribution in [3.8, 4) is 0 Å². The molecule has 9 heteroatoms. The Bertz CT molecular complexity index is 969. The molecule has 2 aromatic carbocycles. The first-order chi connectivity index (χ1) is 12.4. The molecule has 0 saturated carbocycles. The smallest absolute Gasteiger partial charge is 0.331 e. The van der Waals surface area contributed by atoms with Gasteiger partial charge in [-0.1, -0.05) is 12.1 Å². The van der Waals surface area contributed by atoms with Crippen molar-refractivity contribution < 1.29 is 31.5 Å². The topological polar surface area (TPSA) is 39.2 Å². The van der Waals surface area contributed by atoms with Gasteiger partial charge in [-0.15, -0.1) is 11.3 Å². The summed E-state index contributed by atoms with van der Waals surface area (Å²) in [5.41, 5.74) is -0.491. The van der Waals surface area contributed by atoms with Crippen LogP contribution in [0.2, 0.25) is 0 Å². The maximum Gasteiger partial charge on any atom is 0.331 e. The number of thiazole rings is 1. The minimum Gasteiger partial charge on any atom is -0.457 e. The van der Waals surface area contributed by atoms with Crippen molar-refractivity contribution in [2.24, 2.45) is 0 Å². The van der Waals surface area contributed by atoms with Crippen LogP contribution in [0.3, 0.4) is 0 Å². The molecule has 3 nitrogen and oxygen atoms in total. The van der Waals surface area contributed by atoms with E-state index in [1.165, 1.54) is 17.4 Å². The minimum absolute atomic E-state index is 0.486. The zero-order valence-corrected chi connectivity index (χ0v) is 13.5. The molecule has 134 valence electrons. The lowest BCUT2D eigenvalue weighted by Gasteiger charge is -2.08. The monoisotopic (exact) mass is 385 g/mol.